The van der Waals surface area contributed by atoms with E-state index in [9.17, 15) is 9.59 Å². The molecule has 33 heavy (non-hydrogen) atoms. The van der Waals surface area contributed by atoms with E-state index in [1.807, 2.05) is 63.2 Å². The Hall–Kier alpha value is -4.06. The van der Waals surface area contributed by atoms with Crippen molar-refractivity contribution < 1.29 is 19.1 Å². The van der Waals surface area contributed by atoms with Crippen LogP contribution in [-0.2, 0) is 9.59 Å². The molecule has 0 saturated carbocycles. The second-order valence-electron chi connectivity index (χ2n) is 7.77. The van der Waals surface area contributed by atoms with Crippen molar-refractivity contribution in [2.45, 2.75) is 20.8 Å². The fourth-order valence-electron chi connectivity index (χ4n) is 3.97. The number of benzene rings is 3. The predicted molar refractivity (Wildman–Crippen MR) is 130 cm³/mol. The van der Waals surface area contributed by atoms with Crippen LogP contribution in [0.4, 0.5) is 11.4 Å². The molecule has 0 atom stereocenters. The molecular formula is C27H26N2O4. The molecule has 1 heterocycles. The number of para-hydroxylation sites is 2. The van der Waals surface area contributed by atoms with Crippen LogP contribution in [0.15, 0.2) is 72.4 Å². The van der Waals surface area contributed by atoms with Crippen molar-refractivity contribution in [2.24, 2.45) is 0 Å². The summed E-state index contributed by atoms with van der Waals surface area (Å²) in [4.78, 5) is 28.5. The van der Waals surface area contributed by atoms with E-state index >= 15 is 0 Å². The van der Waals surface area contributed by atoms with Crippen LogP contribution in [0.25, 0.3) is 5.57 Å². The molecule has 0 unspecified atom stereocenters. The SMILES string of the molecule is CCOc1ccc(NC2=C(c3ccc(C)cc3C)C(=O)N(c3ccccc3OC)C2=O)cc1. The van der Waals surface area contributed by atoms with Gasteiger partial charge in [0.05, 0.1) is 25.0 Å². The molecule has 3 aromatic rings. The molecule has 168 valence electrons. The van der Waals surface area contributed by atoms with Gasteiger partial charge in [0, 0.05) is 5.69 Å². The van der Waals surface area contributed by atoms with Crippen LogP contribution in [0.1, 0.15) is 23.6 Å². The molecule has 0 fully saturated rings. The topological polar surface area (TPSA) is 67.9 Å². The summed E-state index contributed by atoms with van der Waals surface area (Å²) in [6.45, 7) is 6.42. The Balaban J connectivity index is 1.82. The number of imide groups is 1. The van der Waals surface area contributed by atoms with E-state index in [1.54, 1.807) is 24.3 Å². The van der Waals surface area contributed by atoms with Crippen molar-refractivity contribution in [2.75, 3.05) is 23.9 Å². The molecule has 1 aliphatic heterocycles. The van der Waals surface area contributed by atoms with Crippen LogP contribution < -0.4 is 19.7 Å². The van der Waals surface area contributed by atoms with Crippen molar-refractivity contribution in [3.63, 3.8) is 0 Å². The van der Waals surface area contributed by atoms with Gasteiger partial charge in [-0.05, 0) is 68.3 Å². The highest BCUT2D eigenvalue weighted by molar-refractivity contribution is 6.46. The third-order valence-corrected chi connectivity index (χ3v) is 5.50. The Bertz CT molecular complexity index is 1250. The monoisotopic (exact) mass is 442 g/mol. The highest BCUT2D eigenvalue weighted by Crippen LogP contribution is 2.38. The lowest BCUT2D eigenvalue weighted by Gasteiger charge is -2.18. The molecule has 1 aliphatic rings. The zero-order valence-electron chi connectivity index (χ0n) is 19.1. The number of hydrogen-bond donors (Lipinski definition) is 1. The zero-order chi connectivity index (χ0) is 23.5. The van der Waals surface area contributed by atoms with Gasteiger partial charge >= 0.3 is 0 Å². The van der Waals surface area contributed by atoms with Gasteiger partial charge in [-0.2, -0.15) is 0 Å². The summed E-state index contributed by atoms with van der Waals surface area (Å²) in [6.07, 6.45) is 0. The third-order valence-electron chi connectivity index (χ3n) is 5.50. The molecule has 0 radical (unpaired) electrons. The number of methoxy groups -OCH3 is 1. The molecule has 2 amide bonds. The third kappa shape index (κ3) is 4.20. The smallest absolute Gasteiger partial charge is 0.282 e. The van der Waals surface area contributed by atoms with E-state index < -0.39 is 11.8 Å². The number of nitrogens with one attached hydrogen (secondary N) is 1. The first-order valence-electron chi connectivity index (χ1n) is 10.8. The first kappa shape index (κ1) is 22.1. The first-order chi connectivity index (χ1) is 15.9. The molecule has 0 aromatic heterocycles. The molecule has 4 rings (SSSR count). The molecule has 1 N–H and O–H groups in total. The highest BCUT2D eigenvalue weighted by atomic mass is 16.5. The van der Waals surface area contributed by atoms with Gasteiger partial charge in [-0.3, -0.25) is 9.59 Å². The fourth-order valence-corrected chi connectivity index (χ4v) is 3.97. The van der Waals surface area contributed by atoms with Crippen molar-refractivity contribution in [3.8, 4) is 11.5 Å². The zero-order valence-corrected chi connectivity index (χ0v) is 19.1. The number of anilines is 2. The minimum Gasteiger partial charge on any atom is -0.495 e. The summed E-state index contributed by atoms with van der Waals surface area (Å²) in [5.74, 6) is 0.343. The maximum Gasteiger partial charge on any atom is 0.282 e. The Labute approximate surface area is 193 Å². The summed E-state index contributed by atoms with van der Waals surface area (Å²) >= 11 is 0. The van der Waals surface area contributed by atoms with E-state index in [4.69, 9.17) is 9.47 Å². The van der Waals surface area contributed by atoms with Crippen molar-refractivity contribution in [1.82, 2.24) is 0 Å². The van der Waals surface area contributed by atoms with E-state index in [1.165, 1.54) is 12.0 Å². The normalized spacial score (nSPS) is 13.5. The summed E-state index contributed by atoms with van der Waals surface area (Å²) in [7, 11) is 1.52. The molecule has 0 saturated heterocycles. The van der Waals surface area contributed by atoms with Crippen molar-refractivity contribution in [3.05, 3.63) is 89.1 Å². The number of hydrogen-bond acceptors (Lipinski definition) is 5. The second kappa shape index (κ2) is 9.20. The Kier molecular flexibility index (Phi) is 6.18. The predicted octanol–water partition coefficient (Wildman–Crippen LogP) is 5.11. The van der Waals surface area contributed by atoms with Crippen LogP contribution in [-0.4, -0.2) is 25.5 Å². The van der Waals surface area contributed by atoms with Gasteiger partial charge in [0.15, 0.2) is 0 Å². The summed E-state index contributed by atoms with van der Waals surface area (Å²) < 4.78 is 10.9. The molecule has 0 spiro atoms. The highest BCUT2D eigenvalue weighted by Gasteiger charge is 2.41. The minimum absolute atomic E-state index is 0.224. The van der Waals surface area contributed by atoms with Crippen LogP contribution in [0.2, 0.25) is 0 Å². The maximum atomic E-state index is 13.7. The molecule has 0 bridgehead atoms. The average molecular weight is 443 g/mol. The van der Waals surface area contributed by atoms with Gasteiger partial charge in [-0.15, -0.1) is 0 Å². The number of ether oxygens (including phenoxy) is 2. The van der Waals surface area contributed by atoms with Crippen LogP contribution >= 0.6 is 0 Å². The standard InChI is InChI=1S/C27H26N2O4/c1-5-33-20-13-11-19(12-14-20)28-25-24(21-15-10-17(2)16-18(21)3)26(30)29(27(25)31)22-8-6-7-9-23(22)32-4/h6-16,28H,5H2,1-4H3. The Morgan fingerprint density at radius 2 is 1.64 bits per heavy atom. The van der Waals surface area contributed by atoms with Gasteiger partial charge < -0.3 is 14.8 Å². The Morgan fingerprint density at radius 3 is 2.30 bits per heavy atom. The maximum absolute atomic E-state index is 13.7. The lowest BCUT2D eigenvalue weighted by Crippen LogP contribution is -2.32. The van der Waals surface area contributed by atoms with Gasteiger partial charge in [0.1, 0.15) is 17.2 Å². The van der Waals surface area contributed by atoms with Crippen molar-refractivity contribution >= 4 is 28.8 Å². The molecule has 6 heteroatoms. The van der Waals surface area contributed by atoms with E-state index in [0.717, 1.165) is 16.9 Å². The number of carbonyl (C=O) groups is 2. The van der Waals surface area contributed by atoms with Crippen molar-refractivity contribution in [1.29, 1.82) is 0 Å². The summed E-state index contributed by atoms with van der Waals surface area (Å²) in [6, 6.07) is 20.1. The fraction of sp³-hybridized carbons (Fsp3) is 0.185. The van der Waals surface area contributed by atoms with Crippen LogP contribution in [0, 0.1) is 13.8 Å². The molecule has 6 nitrogen and oxygen atoms in total. The minimum atomic E-state index is -0.437. The number of rotatable bonds is 7. The average Bonchev–Trinajstić information content (AvgIpc) is 3.04. The van der Waals surface area contributed by atoms with Gasteiger partial charge in [-0.25, -0.2) is 4.90 Å². The van der Waals surface area contributed by atoms with E-state index in [0.29, 0.717) is 34.9 Å². The van der Waals surface area contributed by atoms with Crippen LogP contribution in [0.5, 0.6) is 11.5 Å². The molecule has 3 aromatic carbocycles. The quantitative estimate of drug-likeness (QED) is 0.515. The Morgan fingerprint density at radius 1 is 0.909 bits per heavy atom. The molecule has 0 aliphatic carbocycles. The van der Waals surface area contributed by atoms with E-state index in [-0.39, 0.29) is 5.70 Å². The number of amides is 2. The van der Waals surface area contributed by atoms with Crippen LogP contribution in [0.3, 0.4) is 0 Å². The summed E-state index contributed by atoms with van der Waals surface area (Å²) in [5.41, 5.74) is 4.35. The number of aryl methyl sites for hydroxylation is 2. The number of carbonyl (C=O) groups excluding carboxylic acids is 2. The summed E-state index contributed by atoms with van der Waals surface area (Å²) in [5, 5.41) is 3.19. The van der Waals surface area contributed by atoms with Gasteiger partial charge in [0.2, 0.25) is 0 Å². The lowest BCUT2D eigenvalue weighted by atomic mass is 9.97. The largest absolute Gasteiger partial charge is 0.495 e. The number of nitrogens with zero attached hydrogens (tertiary/aromatic N) is 1. The van der Waals surface area contributed by atoms with E-state index in [2.05, 4.69) is 5.32 Å². The lowest BCUT2D eigenvalue weighted by molar-refractivity contribution is -0.120. The van der Waals surface area contributed by atoms with Gasteiger partial charge in [-0.1, -0.05) is 35.9 Å². The first-order valence-corrected chi connectivity index (χ1v) is 10.8. The molecular weight excluding hydrogens is 416 g/mol. The van der Waals surface area contributed by atoms with Gasteiger partial charge in [0.25, 0.3) is 11.8 Å². The second-order valence-corrected chi connectivity index (χ2v) is 7.77.